The van der Waals surface area contributed by atoms with Crippen LogP contribution in [0.15, 0.2) is 24.4 Å². The van der Waals surface area contributed by atoms with Crippen LogP contribution >= 0.6 is 11.6 Å². The number of rotatable bonds is 4. The number of fused-ring (bicyclic) bond motifs is 1. The maximum atomic E-state index is 10.1. The van der Waals surface area contributed by atoms with Crippen LogP contribution in [0.25, 0.3) is 10.9 Å². The van der Waals surface area contributed by atoms with E-state index in [0.29, 0.717) is 13.0 Å². The molecule has 0 aliphatic heterocycles. The van der Waals surface area contributed by atoms with Crippen LogP contribution in [0.5, 0.6) is 0 Å². The van der Waals surface area contributed by atoms with E-state index < -0.39 is 0 Å². The van der Waals surface area contributed by atoms with Crippen molar-refractivity contribution < 1.29 is 4.79 Å². The highest BCUT2D eigenvalue weighted by atomic mass is 35.5. The van der Waals surface area contributed by atoms with Crippen molar-refractivity contribution in [3.8, 4) is 0 Å². The third kappa shape index (κ3) is 2.13. The van der Waals surface area contributed by atoms with Crippen molar-refractivity contribution >= 4 is 28.9 Å². The molecule has 0 aliphatic carbocycles. The second-order valence-electron chi connectivity index (χ2n) is 3.33. The van der Waals surface area contributed by atoms with Gasteiger partial charge in [-0.15, -0.1) is 0 Å². The lowest BCUT2D eigenvalue weighted by atomic mass is 10.1. The minimum Gasteiger partial charge on any atom is -0.361 e. The Morgan fingerprint density at radius 1 is 1.47 bits per heavy atom. The molecule has 78 valence electrons. The lowest BCUT2D eigenvalue weighted by molar-refractivity contribution is -0.109. The van der Waals surface area contributed by atoms with E-state index in [1.54, 1.807) is 0 Å². The van der Waals surface area contributed by atoms with E-state index in [4.69, 9.17) is 11.6 Å². The third-order valence-corrected chi connectivity index (χ3v) is 2.59. The van der Waals surface area contributed by atoms with Crippen molar-refractivity contribution in [3.63, 3.8) is 0 Å². The minimum absolute atomic E-state index is 0.642. The highest BCUT2D eigenvalue weighted by Gasteiger charge is 2.03. The molecule has 2 rings (SSSR count). The van der Waals surface area contributed by atoms with Crippen molar-refractivity contribution in [2.75, 3.05) is 6.54 Å². The van der Waals surface area contributed by atoms with Crippen molar-refractivity contribution in [1.82, 2.24) is 10.3 Å². The van der Waals surface area contributed by atoms with Crippen LogP contribution in [-0.2, 0) is 11.2 Å². The molecule has 1 aromatic carbocycles. The number of nitrogens with one attached hydrogen (secondary N) is 2. The first-order valence-electron chi connectivity index (χ1n) is 4.74. The average Bonchev–Trinajstić information content (AvgIpc) is 2.62. The zero-order chi connectivity index (χ0) is 10.7. The number of hydrogen-bond acceptors (Lipinski definition) is 1. The van der Waals surface area contributed by atoms with E-state index in [2.05, 4.69) is 10.3 Å². The zero-order valence-corrected chi connectivity index (χ0v) is 8.84. The van der Waals surface area contributed by atoms with Gasteiger partial charge in [-0.2, -0.15) is 0 Å². The van der Waals surface area contributed by atoms with Crippen molar-refractivity contribution in [2.24, 2.45) is 0 Å². The summed E-state index contributed by atoms with van der Waals surface area (Å²) in [6.07, 6.45) is 3.47. The Hall–Kier alpha value is -1.48. The van der Waals surface area contributed by atoms with Gasteiger partial charge in [-0.25, -0.2) is 0 Å². The Morgan fingerprint density at radius 3 is 3.13 bits per heavy atom. The number of carbonyl (C=O) groups excluding carboxylic acids is 1. The largest absolute Gasteiger partial charge is 0.361 e. The van der Waals surface area contributed by atoms with E-state index in [0.717, 1.165) is 22.3 Å². The fourth-order valence-corrected chi connectivity index (χ4v) is 1.80. The zero-order valence-electron chi connectivity index (χ0n) is 8.09. The Morgan fingerprint density at radius 2 is 2.33 bits per heavy atom. The Balaban J connectivity index is 2.27. The molecule has 1 aromatic heterocycles. The SMILES string of the molecule is O=CNCCc1c[nH]c2ccc(Cl)cc12. The number of benzene rings is 1. The maximum absolute atomic E-state index is 10.1. The first-order chi connectivity index (χ1) is 7.31. The third-order valence-electron chi connectivity index (χ3n) is 2.35. The Bertz CT molecular complexity index is 478. The molecule has 1 amide bonds. The van der Waals surface area contributed by atoms with Gasteiger partial charge in [0.2, 0.25) is 6.41 Å². The maximum Gasteiger partial charge on any atom is 0.207 e. The average molecular weight is 223 g/mol. The van der Waals surface area contributed by atoms with Crippen LogP contribution in [0.3, 0.4) is 0 Å². The van der Waals surface area contributed by atoms with E-state index in [1.807, 2.05) is 24.4 Å². The molecule has 0 aliphatic rings. The molecule has 0 saturated carbocycles. The fourth-order valence-electron chi connectivity index (χ4n) is 1.62. The van der Waals surface area contributed by atoms with Crippen LogP contribution in [0.2, 0.25) is 5.02 Å². The summed E-state index contributed by atoms with van der Waals surface area (Å²) >= 11 is 5.92. The molecule has 1 heterocycles. The number of aromatic amines is 1. The van der Waals surface area contributed by atoms with E-state index >= 15 is 0 Å². The second-order valence-corrected chi connectivity index (χ2v) is 3.76. The Kier molecular flexibility index (Phi) is 2.92. The van der Waals surface area contributed by atoms with Crippen molar-refractivity contribution in [3.05, 3.63) is 35.0 Å². The van der Waals surface area contributed by atoms with Gasteiger partial charge in [0.15, 0.2) is 0 Å². The van der Waals surface area contributed by atoms with Crippen LogP contribution < -0.4 is 5.32 Å². The van der Waals surface area contributed by atoms with Gasteiger partial charge in [0.25, 0.3) is 0 Å². The van der Waals surface area contributed by atoms with Gasteiger partial charge in [-0.05, 0) is 30.2 Å². The molecule has 0 saturated heterocycles. The van der Waals surface area contributed by atoms with E-state index in [1.165, 1.54) is 5.56 Å². The van der Waals surface area contributed by atoms with Gasteiger partial charge in [-0.3, -0.25) is 4.79 Å². The molecule has 2 N–H and O–H groups in total. The molecule has 0 fully saturated rings. The highest BCUT2D eigenvalue weighted by molar-refractivity contribution is 6.31. The standard InChI is InChI=1S/C11H11ClN2O/c12-9-1-2-11-10(5-9)8(6-14-11)3-4-13-7-15/h1-2,5-7,14H,3-4H2,(H,13,15). The number of carbonyl (C=O) groups is 1. The lowest BCUT2D eigenvalue weighted by Crippen LogP contribution is -2.14. The molecule has 0 unspecified atom stereocenters. The van der Waals surface area contributed by atoms with Crippen molar-refractivity contribution in [2.45, 2.75) is 6.42 Å². The molecule has 4 heteroatoms. The van der Waals surface area contributed by atoms with Crippen molar-refractivity contribution in [1.29, 1.82) is 0 Å². The number of H-pyrrole nitrogens is 1. The monoisotopic (exact) mass is 222 g/mol. The molecule has 0 atom stereocenters. The van der Waals surface area contributed by atoms with E-state index in [-0.39, 0.29) is 0 Å². The van der Waals surface area contributed by atoms with Gasteiger partial charge in [0.1, 0.15) is 0 Å². The minimum atomic E-state index is 0.642. The van der Waals surface area contributed by atoms with E-state index in [9.17, 15) is 4.79 Å². The predicted molar refractivity (Wildman–Crippen MR) is 61.1 cm³/mol. The lowest BCUT2D eigenvalue weighted by Gasteiger charge is -1.98. The summed E-state index contributed by atoms with van der Waals surface area (Å²) < 4.78 is 0. The summed E-state index contributed by atoms with van der Waals surface area (Å²) in [5.41, 5.74) is 2.24. The number of halogens is 1. The van der Waals surface area contributed by atoms with Gasteiger partial charge in [-0.1, -0.05) is 11.6 Å². The summed E-state index contributed by atoms with van der Waals surface area (Å²) in [6, 6.07) is 5.74. The molecule has 2 aromatic rings. The van der Waals surface area contributed by atoms with Gasteiger partial charge < -0.3 is 10.3 Å². The quantitative estimate of drug-likeness (QED) is 0.604. The predicted octanol–water partition coefficient (Wildman–Crippen LogP) is 2.11. The molecule has 3 nitrogen and oxygen atoms in total. The summed E-state index contributed by atoms with van der Waals surface area (Å²) in [5, 5.41) is 4.49. The number of hydrogen-bond donors (Lipinski definition) is 2. The molecule has 15 heavy (non-hydrogen) atoms. The number of amides is 1. The first-order valence-corrected chi connectivity index (χ1v) is 5.11. The van der Waals surface area contributed by atoms with Crippen LogP contribution in [0, 0.1) is 0 Å². The fraction of sp³-hybridized carbons (Fsp3) is 0.182. The first kappa shape index (κ1) is 10.1. The summed E-state index contributed by atoms with van der Waals surface area (Å²) in [4.78, 5) is 13.3. The molecule has 0 bridgehead atoms. The molecule has 0 radical (unpaired) electrons. The summed E-state index contributed by atoms with van der Waals surface area (Å²) in [6.45, 7) is 0.642. The summed E-state index contributed by atoms with van der Waals surface area (Å²) in [5.74, 6) is 0. The van der Waals surface area contributed by atoms with Crippen LogP contribution in [-0.4, -0.2) is 17.9 Å². The molecular weight excluding hydrogens is 212 g/mol. The van der Waals surface area contributed by atoms with Crippen LogP contribution in [0.4, 0.5) is 0 Å². The Labute approximate surface area is 92.4 Å². The molecule has 0 spiro atoms. The smallest absolute Gasteiger partial charge is 0.207 e. The summed E-state index contributed by atoms with van der Waals surface area (Å²) in [7, 11) is 0. The molecular formula is C11H11ClN2O. The number of aromatic nitrogens is 1. The topological polar surface area (TPSA) is 44.9 Å². The van der Waals surface area contributed by atoms with Crippen LogP contribution in [0.1, 0.15) is 5.56 Å². The van der Waals surface area contributed by atoms with Gasteiger partial charge in [0, 0.05) is 28.7 Å². The van der Waals surface area contributed by atoms with Gasteiger partial charge in [0.05, 0.1) is 0 Å². The normalized spacial score (nSPS) is 10.5. The highest BCUT2D eigenvalue weighted by Crippen LogP contribution is 2.22. The second kappa shape index (κ2) is 4.36. The van der Waals surface area contributed by atoms with Gasteiger partial charge >= 0.3 is 0 Å².